The lowest BCUT2D eigenvalue weighted by atomic mass is 10.1. The zero-order valence-electron chi connectivity index (χ0n) is 14.2. The lowest BCUT2D eigenvalue weighted by Crippen LogP contribution is -2.53. The number of benzene rings is 1. The molecule has 2 aliphatic heterocycles. The minimum Gasteiger partial charge on any atom is -0.445 e. The fourth-order valence-electron chi connectivity index (χ4n) is 3.28. The number of hydrogen-bond acceptors (Lipinski definition) is 4. The molecule has 2 saturated heterocycles. The maximum absolute atomic E-state index is 12.8. The Balaban J connectivity index is 1.56. The maximum Gasteiger partial charge on any atom is 0.410 e. The van der Waals surface area contributed by atoms with Gasteiger partial charge in [-0.15, -0.1) is 0 Å². The second kappa shape index (κ2) is 7.66. The van der Waals surface area contributed by atoms with Crippen molar-refractivity contribution < 1.29 is 14.3 Å². The van der Waals surface area contributed by atoms with Gasteiger partial charge >= 0.3 is 6.09 Å². The largest absolute Gasteiger partial charge is 0.445 e. The van der Waals surface area contributed by atoms with Gasteiger partial charge in [-0.2, -0.15) is 0 Å². The Kier molecular flexibility index (Phi) is 5.35. The molecule has 0 spiro atoms. The maximum atomic E-state index is 12.8. The Morgan fingerprint density at radius 3 is 2.50 bits per heavy atom. The number of likely N-dealkylation sites (tertiary alicyclic amines) is 1. The summed E-state index contributed by atoms with van der Waals surface area (Å²) in [5.41, 5.74) is 0.951. The van der Waals surface area contributed by atoms with Crippen LogP contribution in [0.15, 0.2) is 30.3 Å². The number of amides is 2. The normalized spacial score (nSPS) is 21.8. The monoisotopic (exact) mass is 331 g/mol. The third-order valence-corrected chi connectivity index (χ3v) is 4.79. The van der Waals surface area contributed by atoms with Crippen LogP contribution in [0.3, 0.4) is 0 Å². The van der Waals surface area contributed by atoms with Gasteiger partial charge in [-0.3, -0.25) is 9.69 Å². The molecule has 0 saturated carbocycles. The Bertz CT molecular complexity index is 570. The second-order valence-corrected chi connectivity index (χ2v) is 6.52. The topological polar surface area (TPSA) is 53.1 Å². The standard InChI is InChI=1S/C18H25N3O3/c1-19-10-12-20(13-11-19)17(22)16-8-5-9-21(16)18(23)24-14-15-6-3-2-4-7-15/h2-4,6-7,16H,5,8-14H2,1H3/t16-/m0/s1. The van der Waals surface area contributed by atoms with Gasteiger partial charge in [0.2, 0.25) is 5.91 Å². The lowest BCUT2D eigenvalue weighted by molar-refractivity contribution is -0.137. The van der Waals surface area contributed by atoms with Gasteiger partial charge < -0.3 is 14.5 Å². The molecule has 2 heterocycles. The van der Waals surface area contributed by atoms with Crippen LogP contribution in [0.25, 0.3) is 0 Å². The summed E-state index contributed by atoms with van der Waals surface area (Å²) in [5, 5.41) is 0. The van der Waals surface area contributed by atoms with Crippen LogP contribution in [0.2, 0.25) is 0 Å². The lowest BCUT2D eigenvalue weighted by Gasteiger charge is -2.35. The van der Waals surface area contributed by atoms with Gasteiger partial charge in [0.1, 0.15) is 12.6 Å². The Hall–Kier alpha value is -2.08. The van der Waals surface area contributed by atoms with Crippen LogP contribution in [0.4, 0.5) is 4.79 Å². The highest BCUT2D eigenvalue weighted by Gasteiger charge is 2.37. The number of nitrogens with zero attached hydrogens (tertiary/aromatic N) is 3. The molecule has 2 fully saturated rings. The van der Waals surface area contributed by atoms with Gasteiger partial charge in [0.05, 0.1) is 0 Å². The van der Waals surface area contributed by atoms with E-state index in [2.05, 4.69) is 11.9 Å². The molecule has 0 bridgehead atoms. The molecule has 24 heavy (non-hydrogen) atoms. The number of ether oxygens (including phenoxy) is 1. The van der Waals surface area contributed by atoms with E-state index in [1.807, 2.05) is 35.2 Å². The highest BCUT2D eigenvalue weighted by atomic mass is 16.6. The number of rotatable bonds is 3. The van der Waals surface area contributed by atoms with E-state index in [9.17, 15) is 9.59 Å². The number of carbonyl (C=O) groups excluding carboxylic acids is 2. The molecular formula is C18H25N3O3. The van der Waals surface area contributed by atoms with Crippen molar-refractivity contribution in [3.8, 4) is 0 Å². The fourth-order valence-corrected chi connectivity index (χ4v) is 3.28. The highest BCUT2D eigenvalue weighted by Crippen LogP contribution is 2.21. The van der Waals surface area contributed by atoms with Gasteiger partial charge in [0.25, 0.3) is 0 Å². The Labute approximate surface area is 143 Å². The van der Waals surface area contributed by atoms with Crippen molar-refractivity contribution in [2.45, 2.75) is 25.5 Å². The quantitative estimate of drug-likeness (QED) is 0.843. The van der Waals surface area contributed by atoms with Gasteiger partial charge in [-0.25, -0.2) is 4.79 Å². The highest BCUT2D eigenvalue weighted by molar-refractivity contribution is 5.86. The first-order chi connectivity index (χ1) is 11.6. The van der Waals surface area contributed by atoms with Crippen LogP contribution in [-0.4, -0.2) is 72.5 Å². The molecule has 6 heteroatoms. The van der Waals surface area contributed by atoms with Crippen molar-refractivity contribution in [2.24, 2.45) is 0 Å². The van der Waals surface area contributed by atoms with Gasteiger partial charge in [0.15, 0.2) is 0 Å². The molecule has 1 aromatic carbocycles. The van der Waals surface area contributed by atoms with E-state index in [0.29, 0.717) is 6.54 Å². The van der Waals surface area contributed by atoms with E-state index in [1.165, 1.54) is 0 Å². The minimum absolute atomic E-state index is 0.0669. The summed E-state index contributed by atoms with van der Waals surface area (Å²) in [5.74, 6) is 0.0669. The van der Waals surface area contributed by atoms with E-state index in [1.54, 1.807) is 4.90 Å². The van der Waals surface area contributed by atoms with Crippen molar-refractivity contribution in [1.29, 1.82) is 0 Å². The average Bonchev–Trinajstić information content (AvgIpc) is 3.10. The average molecular weight is 331 g/mol. The van der Waals surface area contributed by atoms with Crippen molar-refractivity contribution in [3.05, 3.63) is 35.9 Å². The number of hydrogen-bond donors (Lipinski definition) is 0. The number of likely N-dealkylation sites (N-methyl/N-ethyl adjacent to an activating group) is 1. The van der Waals surface area contributed by atoms with Gasteiger partial charge in [-0.1, -0.05) is 30.3 Å². The smallest absolute Gasteiger partial charge is 0.410 e. The summed E-state index contributed by atoms with van der Waals surface area (Å²) in [7, 11) is 2.06. The summed E-state index contributed by atoms with van der Waals surface area (Å²) in [6.07, 6.45) is 1.19. The van der Waals surface area contributed by atoms with Crippen molar-refractivity contribution >= 4 is 12.0 Å². The van der Waals surface area contributed by atoms with E-state index in [4.69, 9.17) is 4.74 Å². The zero-order valence-corrected chi connectivity index (χ0v) is 14.2. The molecule has 2 aliphatic rings. The van der Waals surface area contributed by atoms with Crippen LogP contribution >= 0.6 is 0 Å². The van der Waals surface area contributed by atoms with Crippen LogP contribution < -0.4 is 0 Å². The van der Waals surface area contributed by atoms with E-state index in [-0.39, 0.29) is 24.6 Å². The van der Waals surface area contributed by atoms with Crippen molar-refractivity contribution in [2.75, 3.05) is 39.8 Å². The molecule has 0 unspecified atom stereocenters. The third kappa shape index (κ3) is 3.87. The predicted molar refractivity (Wildman–Crippen MR) is 90.4 cm³/mol. The minimum atomic E-state index is -0.385. The second-order valence-electron chi connectivity index (χ2n) is 6.52. The van der Waals surface area contributed by atoms with E-state index in [0.717, 1.165) is 44.6 Å². The number of piperazine rings is 1. The van der Waals surface area contributed by atoms with E-state index < -0.39 is 0 Å². The Morgan fingerprint density at radius 2 is 1.79 bits per heavy atom. The molecule has 3 rings (SSSR count). The Morgan fingerprint density at radius 1 is 1.08 bits per heavy atom. The van der Waals surface area contributed by atoms with Crippen LogP contribution in [0, 0.1) is 0 Å². The molecule has 1 aromatic rings. The summed E-state index contributed by atoms with van der Waals surface area (Å²) in [6.45, 7) is 4.08. The molecule has 0 aliphatic carbocycles. The first-order valence-electron chi connectivity index (χ1n) is 8.60. The molecular weight excluding hydrogens is 306 g/mol. The molecule has 6 nitrogen and oxygen atoms in total. The predicted octanol–water partition coefficient (Wildman–Crippen LogP) is 1.56. The van der Waals surface area contributed by atoms with E-state index >= 15 is 0 Å². The SMILES string of the molecule is CN1CCN(C(=O)[C@@H]2CCCN2C(=O)OCc2ccccc2)CC1. The van der Waals surface area contributed by atoms with Crippen LogP contribution in [0.1, 0.15) is 18.4 Å². The van der Waals surface area contributed by atoms with Crippen LogP contribution in [0.5, 0.6) is 0 Å². The third-order valence-electron chi connectivity index (χ3n) is 4.79. The molecule has 0 radical (unpaired) electrons. The van der Waals surface area contributed by atoms with Crippen molar-refractivity contribution in [1.82, 2.24) is 14.7 Å². The molecule has 0 aromatic heterocycles. The summed E-state index contributed by atoms with van der Waals surface area (Å²) in [6, 6.07) is 9.24. The summed E-state index contributed by atoms with van der Waals surface area (Å²) < 4.78 is 5.40. The van der Waals surface area contributed by atoms with Gasteiger partial charge in [0, 0.05) is 32.7 Å². The fraction of sp³-hybridized carbons (Fsp3) is 0.556. The first kappa shape index (κ1) is 16.8. The molecule has 1 atom stereocenters. The molecule has 0 N–H and O–H groups in total. The van der Waals surface area contributed by atoms with Gasteiger partial charge in [-0.05, 0) is 25.5 Å². The van der Waals surface area contributed by atoms with Crippen molar-refractivity contribution in [3.63, 3.8) is 0 Å². The molecule has 2 amide bonds. The summed E-state index contributed by atoms with van der Waals surface area (Å²) in [4.78, 5) is 30.8. The molecule has 130 valence electrons. The summed E-state index contributed by atoms with van der Waals surface area (Å²) >= 11 is 0. The zero-order chi connectivity index (χ0) is 16.9. The van der Waals surface area contributed by atoms with Crippen LogP contribution in [-0.2, 0) is 16.1 Å². The first-order valence-corrected chi connectivity index (χ1v) is 8.60. The number of carbonyl (C=O) groups is 2.